The monoisotopic (exact) mass is 382 g/mol. The van der Waals surface area contributed by atoms with Crippen molar-refractivity contribution >= 4 is 45.0 Å². The SMILES string of the molecule is Cc1c(B2OC(C)(C)C(C)(C)O2)ccc2c3scnc3c(=O)n(C3CC3)c12. The molecule has 0 unspecified atom stereocenters. The zero-order valence-electron chi connectivity index (χ0n) is 16.3. The second-order valence-corrected chi connectivity index (χ2v) is 9.56. The second kappa shape index (κ2) is 5.43. The van der Waals surface area contributed by atoms with Crippen molar-refractivity contribution in [3.63, 3.8) is 0 Å². The molecule has 0 atom stereocenters. The van der Waals surface area contributed by atoms with Gasteiger partial charge in [0.1, 0.15) is 5.52 Å². The molecule has 1 aromatic carbocycles. The zero-order chi connectivity index (χ0) is 19.1. The number of pyridine rings is 1. The molecular formula is C20H23BN2O3S. The number of fused-ring (bicyclic) bond motifs is 3. The predicted molar refractivity (Wildman–Crippen MR) is 110 cm³/mol. The van der Waals surface area contributed by atoms with Gasteiger partial charge in [0.2, 0.25) is 0 Å². The van der Waals surface area contributed by atoms with Gasteiger partial charge >= 0.3 is 7.12 Å². The number of rotatable bonds is 2. The van der Waals surface area contributed by atoms with Crippen LogP contribution < -0.4 is 11.0 Å². The van der Waals surface area contributed by atoms with E-state index in [9.17, 15) is 4.79 Å². The summed E-state index contributed by atoms with van der Waals surface area (Å²) in [6, 6.07) is 4.46. The van der Waals surface area contributed by atoms with Gasteiger partial charge in [0, 0.05) is 11.4 Å². The zero-order valence-corrected chi connectivity index (χ0v) is 17.1. The number of nitrogens with zero attached hydrogens (tertiary/aromatic N) is 2. The maximum absolute atomic E-state index is 13.1. The van der Waals surface area contributed by atoms with Gasteiger partial charge in [-0.15, -0.1) is 11.3 Å². The largest absolute Gasteiger partial charge is 0.495 e. The van der Waals surface area contributed by atoms with Crippen molar-refractivity contribution in [2.45, 2.75) is 64.7 Å². The van der Waals surface area contributed by atoms with Crippen molar-refractivity contribution in [1.29, 1.82) is 0 Å². The van der Waals surface area contributed by atoms with Crippen LogP contribution in [-0.4, -0.2) is 27.9 Å². The molecule has 2 fully saturated rings. The molecule has 140 valence electrons. The van der Waals surface area contributed by atoms with Crippen LogP contribution in [0.1, 0.15) is 52.1 Å². The molecule has 0 bridgehead atoms. The molecule has 5 rings (SSSR count). The van der Waals surface area contributed by atoms with Gasteiger partial charge in [0.15, 0.2) is 0 Å². The molecule has 2 aliphatic rings. The molecule has 2 aromatic heterocycles. The first-order valence-corrected chi connectivity index (χ1v) is 10.4. The van der Waals surface area contributed by atoms with Crippen LogP contribution in [0.4, 0.5) is 0 Å². The van der Waals surface area contributed by atoms with Crippen molar-refractivity contribution in [3.05, 3.63) is 33.6 Å². The minimum absolute atomic E-state index is 0.0235. The predicted octanol–water partition coefficient (Wildman–Crippen LogP) is 3.55. The number of hydrogen-bond donors (Lipinski definition) is 0. The van der Waals surface area contributed by atoms with Crippen molar-refractivity contribution in [2.75, 3.05) is 0 Å². The summed E-state index contributed by atoms with van der Waals surface area (Å²) in [5.41, 5.74) is 4.65. The van der Waals surface area contributed by atoms with Crippen LogP contribution in [0.2, 0.25) is 0 Å². The van der Waals surface area contributed by atoms with E-state index in [-0.39, 0.29) is 11.6 Å². The van der Waals surface area contributed by atoms with Crippen LogP contribution in [0.5, 0.6) is 0 Å². The van der Waals surface area contributed by atoms with Crippen LogP contribution in [-0.2, 0) is 9.31 Å². The Morgan fingerprint density at radius 1 is 1.19 bits per heavy atom. The Morgan fingerprint density at radius 2 is 1.85 bits per heavy atom. The fourth-order valence-corrected chi connectivity index (χ4v) is 4.73. The molecule has 0 amide bonds. The topological polar surface area (TPSA) is 53.4 Å². The van der Waals surface area contributed by atoms with Gasteiger partial charge in [-0.3, -0.25) is 4.79 Å². The Hall–Kier alpha value is -1.70. The van der Waals surface area contributed by atoms with E-state index in [1.165, 1.54) is 11.3 Å². The standard InChI is InChI=1S/C20H23BN2O3S/c1-11-14(21-25-19(2,3)20(4,5)26-21)9-8-13-16(11)23(12-6-7-12)18(24)15-17(13)27-10-22-15/h8-10,12H,6-7H2,1-5H3. The lowest BCUT2D eigenvalue weighted by atomic mass is 9.75. The molecule has 1 aliphatic carbocycles. The smallest absolute Gasteiger partial charge is 0.399 e. The Morgan fingerprint density at radius 3 is 2.48 bits per heavy atom. The van der Waals surface area contributed by atoms with Crippen LogP contribution >= 0.6 is 11.3 Å². The minimum Gasteiger partial charge on any atom is -0.399 e. The molecule has 1 saturated heterocycles. The third-order valence-corrected chi connectivity index (χ3v) is 7.23. The van der Waals surface area contributed by atoms with Crippen LogP contribution in [0, 0.1) is 6.92 Å². The molecule has 7 heteroatoms. The lowest BCUT2D eigenvalue weighted by Crippen LogP contribution is -2.41. The van der Waals surface area contributed by atoms with E-state index in [1.54, 1.807) is 5.51 Å². The summed E-state index contributed by atoms with van der Waals surface area (Å²) in [7, 11) is -0.431. The van der Waals surface area contributed by atoms with Gasteiger partial charge in [-0.2, -0.15) is 0 Å². The van der Waals surface area contributed by atoms with E-state index in [2.05, 4.69) is 51.7 Å². The lowest BCUT2D eigenvalue weighted by Gasteiger charge is -2.32. The summed E-state index contributed by atoms with van der Waals surface area (Å²) in [6.07, 6.45) is 2.09. The Kier molecular flexibility index (Phi) is 3.50. The van der Waals surface area contributed by atoms with Gasteiger partial charge in [-0.05, 0) is 58.5 Å². The van der Waals surface area contributed by atoms with Crippen LogP contribution in [0.3, 0.4) is 0 Å². The molecule has 27 heavy (non-hydrogen) atoms. The lowest BCUT2D eigenvalue weighted by molar-refractivity contribution is 0.00578. The first kappa shape index (κ1) is 17.4. The van der Waals surface area contributed by atoms with E-state index in [4.69, 9.17) is 9.31 Å². The van der Waals surface area contributed by atoms with Crippen molar-refractivity contribution < 1.29 is 9.31 Å². The summed E-state index contributed by atoms with van der Waals surface area (Å²) in [5, 5.41) is 1.09. The summed E-state index contributed by atoms with van der Waals surface area (Å²) >= 11 is 1.53. The van der Waals surface area contributed by atoms with E-state index < -0.39 is 18.3 Å². The third kappa shape index (κ3) is 2.38. The Labute approximate surface area is 162 Å². The summed E-state index contributed by atoms with van der Waals surface area (Å²) < 4.78 is 15.5. The van der Waals surface area contributed by atoms with Crippen LogP contribution in [0.15, 0.2) is 22.4 Å². The Balaban J connectivity index is 1.78. The van der Waals surface area contributed by atoms with Gasteiger partial charge in [-0.25, -0.2) is 4.98 Å². The fraction of sp³-hybridized carbons (Fsp3) is 0.500. The highest BCUT2D eigenvalue weighted by atomic mass is 32.1. The van der Waals surface area contributed by atoms with E-state index in [0.29, 0.717) is 5.52 Å². The highest BCUT2D eigenvalue weighted by Gasteiger charge is 2.52. The van der Waals surface area contributed by atoms with E-state index in [1.807, 2.05) is 4.57 Å². The van der Waals surface area contributed by atoms with Gasteiger partial charge < -0.3 is 13.9 Å². The number of thiazole rings is 1. The first-order valence-electron chi connectivity index (χ1n) is 9.48. The average Bonchev–Trinajstić information content (AvgIpc) is 3.23. The highest BCUT2D eigenvalue weighted by Crippen LogP contribution is 2.40. The number of hydrogen-bond acceptors (Lipinski definition) is 5. The van der Waals surface area contributed by atoms with Gasteiger partial charge in [0.05, 0.1) is 26.9 Å². The number of aromatic nitrogens is 2. The molecule has 0 N–H and O–H groups in total. The van der Waals surface area contributed by atoms with Crippen molar-refractivity contribution in [3.8, 4) is 0 Å². The Bertz CT molecular complexity index is 1130. The van der Waals surface area contributed by atoms with Crippen molar-refractivity contribution in [1.82, 2.24) is 9.55 Å². The fourth-order valence-electron chi connectivity index (χ4n) is 3.92. The minimum atomic E-state index is -0.431. The van der Waals surface area contributed by atoms with E-state index >= 15 is 0 Å². The van der Waals surface area contributed by atoms with Crippen molar-refractivity contribution in [2.24, 2.45) is 0 Å². The van der Waals surface area contributed by atoms with Crippen LogP contribution in [0.25, 0.3) is 21.1 Å². The maximum atomic E-state index is 13.1. The third-order valence-electron chi connectivity index (χ3n) is 6.37. The molecule has 3 heterocycles. The highest BCUT2D eigenvalue weighted by molar-refractivity contribution is 7.17. The van der Waals surface area contributed by atoms with E-state index in [0.717, 1.165) is 39.5 Å². The molecule has 0 spiro atoms. The first-order chi connectivity index (χ1) is 12.7. The number of benzene rings is 1. The molecule has 1 aliphatic heterocycles. The molecular weight excluding hydrogens is 359 g/mol. The second-order valence-electron chi connectivity index (χ2n) is 8.70. The summed E-state index contributed by atoms with van der Waals surface area (Å²) in [4.78, 5) is 17.5. The average molecular weight is 382 g/mol. The van der Waals surface area contributed by atoms with Gasteiger partial charge in [0.25, 0.3) is 5.56 Å². The normalized spacial score (nSPS) is 21.4. The summed E-state index contributed by atoms with van der Waals surface area (Å²) in [6.45, 7) is 10.3. The quantitative estimate of drug-likeness (QED) is 0.636. The molecule has 1 saturated carbocycles. The molecule has 5 nitrogen and oxygen atoms in total. The summed E-state index contributed by atoms with van der Waals surface area (Å²) in [5.74, 6) is 0. The maximum Gasteiger partial charge on any atom is 0.495 e. The number of aryl methyl sites for hydroxylation is 1. The molecule has 0 radical (unpaired) electrons. The van der Waals surface area contributed by atoms with Gasteiger partial charge in [-0.1, -0.05) is 12.1 Å². The molecule has 3 aromatic rings.